The quantitative estimate of drug-likeness (QED) is 0.533. The molecule has 0 saturated carbocycles. The maximum Gasteiger partial charge on any atom is 0.339 e. The molecule has 0 heterocycles. The maximum atomic E-state index is 11.2. The Labute approximate surface area is 185 Å². The van der Waals surface area contributed by atoms with Crippen LogP contribution < -0.4 is 0 Å². The molecule has 29 heavy (non-hydrogen) atoms. The van der Waals surface area contributed by atoms with Gasteiger partial charge < -0.3 is 15.3 Å². The van der Waals surface area contributed by atoms with Gasteiger partial charge in [0.25, 0.3) is 0 Å². The van der Waals surface area contributed by atoms with Crippen LogP contribution in [0.2, 0.25) is 0 Å². The second-order valence-electron chi connectivity index (χ2n) is 8.85. The molecule has 154 valence electrons. The Morgan fingerprint density at radius 3 is 1.62 bits per heavy atom. The first-order valence-corrected chi connectivity index (χ1v) is 9.06. The van der Waals surface area contributed by atoms with Crippen molar-refractivity contribution in [2.75, 3.05) is 0 Å². The summed E-state index contributed by atoms with van der Waals surface area (Å²) in [6.07, 6.45) is 0. The van der Waals surface area contributed by atoms with E-state index in [1.54, 1.807) is 31.2 Å². The molecule has 0 aliphatic heterocycles. The van der Waals surface area contributed by atoms with Gasteiger partial charge in [0.2, 0.25) is 0 Å². The van der Waals surface area contributed by atoms with E-state index in [9.17, 15) is 19.8 Å². The number of rotatable bonds is 2. The Bertz CT molecular complexity index is 874. The summed E-state index contributed by atoms with van der Waals surface area (Å²) in [5.41, 5.74) is 2.30. The van der Waals surface area contributed by atoms with Gasteiger partial charge in [-0.2, -0.15) is 0 Å². The topological polar surface area (TPSA) is 94.8 Å². The molecule has 3 N–H and O–H groups in total. The average Bonchev–Trinajstić information content (AvgIpc) is 2.53. The Balaban J connectivity index is 0.000000606. The fourth-order valence-corrected chi connectivity index (χ4v) is 2.62. The van der Waals surface area contributed by atoms with Crippen molar-refractivity contribution in [2.24, 2.45) is 0 Å². The zero-order valence-corrected chi connectivity index (χ0v) is 21.3. The van der Waals surface area contributed by atoms with E-state index in [2.05, 4.69) is 0 Å². The molecule has 2 aromatic carbocycles. The van der Waals surface area contributed by atoms with Gasteiger partial charge in [-0.15, -0.1) is 0 Å². The SMILES string of the molecule is CC(C)(C)c1cc(C(=O)O)c(O)c(C(C)(C)C)c1.Cc1ccccc1C(=O)O.[Zn]. The van der Waals surface area contributed by atoms with Crippen LogP contribution in [0.3, 0.4) is 0 Å². The number of benzene rings is 2. The zero-order valence-electron chi connectivity index (χ0n) is 18.3. The fourth-order valence-electron chi connectivity index (χ4n) is 2.62. The van der Waals surface area contributed by atoms with Gasteiger partial charge in [0.15, 0.2) is 0 Å². The van der Waals surface area contributed by atoms with Crippen molar-refractivity contribution < 1.29 is 44.4 Å². The molecule has 0 amide bonds. The molecule has 5 nitrogen and oxygen atoms in total. The van der Waals surface area contributed by atoms with Crippen molar-refractivity contribution in [1.82, 2.24) is 0 Å². The van der Waals surface area contributed by atoms with Crippen molar-refractivity contribution in [3.8, 4) is 5.75 Å². The number of carbonyl (C=O) groups is 2. The number of hydrogen-bond donors (Lipinski definition) is 3. The number of hydrogen-bond acceptors (Lipinski definition) is 3. The van der Waals surface area contributed by atoms with Gasteiger partial charge in [0.1, 0.15) is 11.3 Å². The van der Waals surface area contributed by atoms with E-state index < -0.39 is 11.9 Å². The van der Waals surface area contributed by atoms with Crippen LogP contribution >= 0.6 is 0 Å². The van der Waals surface area contributed by atoms with E-state index in [4.69, 9.17) is 5.11 Å². The van der Waals surface area contributed by atoms with Gasteiger partial charge in [-0.3, -0.25) is 0 Å². The summed E-state index contributed by atoms with van der Waals surface area (Å²) in [6, 6.07) is 10.4. The van der Waals surface area contributed by atoms with Crippen LogP contribution in [-0.2, 0) is 30.3 Å². The van der Waals surface area contributed by atoms with Crippen LogP contribution in [0.5, 0.6) is 5.75 Å². The van der Waals surface area contributed by atoms with E-state index >= 15 is 0 Å². The Morgan fingerprint density at radius 1 is 0.793 bits per heavy atom. The molecule has 0 fully saturated rings. The van der Waals surface area contributed by atoms with Gasteiger partial charge in [0, 0.05) is 25.0 Å². The zero-order chi connectivity index (χ0) is 21.9. The smallest absolute Gasteiger partial charge is 0.339 e. The summed E-state index contributed by atoms with van der Waals surface area (Å²) >= 11 is 0. The number of aromatic hydroxyl groups is 1. The minimum absolute atomic E-state index is 0. The molecule has 0 aliphatic carbocycles. The van der Waals surface area contributed by atoms with E-state index in [1.807, 2.05) is 53.7 Å². The summed E-state index contributed by atoms with van der Waals surface area (Å²) in [7, 11) is 0. The van der Waals surface area contributed by atoms with Crippen LogP contribution in [0.4, 0.5) is 0 Å². The Hall–Kier alpha value is -2.20. The van der Waals surface area contributed by atoms with Crippen LogP contribution in [0.15, 0.2) is 36.4 Å². The van der Waals surface area contributed by atoms with Crippen LogP contribution in [0.25, 0.3) is 0 Å². The van der Waals surface area contributed by atoms with E-state index in [1.165, 1.54) is 0 Å². The molecule has 0 unspecified atom stereocenters. The van der Waals surface area contributed by atoms with Crippen molar-refractivity contribution in [2.45, 2.75) is 59.3 Å². The van der Waals surface area contributed by atoms with Gasteiger partial charge in [-0.05, 0) is 41.0 Å². The molecule has 6 heteroatoms. The molecule has 0 bridgehead atoms. The molecule has 2 rings (SSSR count). The first-order chi connectivity index (χ1) is 12.7. The monoisotopic (exact) mass is 450 g/mol. The molecule has 0 radical (unpaired) electrons. The fraction of sp³-hybridized carbons (Fsp3) is 0.391. The third-order valence-corrected chi connectivity index (χ3v) is 4.39. The number of aromatic carboxylic acids is 2. The third-order valence-electron chi connectivity index (χ3n) is 4.39. The van der Waals surface area contributed by atoms with Crippen molar-refractivity contribution in [3.63, 3.8) is 0 Å². The predicted octanol–water partition coefficient (Wildman–Crippen LogP) is 5.38. The number of carboxylic acids is 2. The van der Waals surface area contributed by atoms with Crippen LogP contribution in [0, 0.1) is 6.92 Å². The number of carboxylic acid groups (broad SMARTS) is 2. The minimum atomic E-state index is -1.09. The van der Waals surface area contributed by atoms with E-state index in [-0.39, 0.29) is 41.6 Å². The molecular formula is C23H30O5Zn. The number of phenols is 1. The maximum absolute atomic E-state index is 11.2. The molecule has 0 spiro atoms. The molecule has 2 aromatic rings. The van der Waals surface area contributed by atoms with Crippen molar-refractivity contribution >= 4 is 11.9 Å². The second kappa shape index (κ2) is 10.0. The largest absolute Gasteiger partial charge is 0.507 e. The summed E-state index contributed by atoms with van der Waals surface area (Å²) in [6.45, 7) is 13.7. The molecule has 0 aromatic heterocycles. The predicted molar refractivity (Wildman–Crippen MR) is 111 cm³/mol. The van der Waals surface area contributed by atoms with Gasteiger partial charge in [0.05, 0.1) is 5.56 Å². The first-order valence-electron chi connectivity index (χ1n) is 9.06. The van der Waals surface area contributed by atoms with Crippen LogP contribution in [0.1, 0.15) is 78.9 Å². The minimum Gasteiger partial charge on any atom is -0.507 e. The Morgan fingerprint density at radius 2 is 1.28 bits per heavy atom. The van der Waals surface area contributed by atoms with Gasteiger partial charge in [-0.1, -0.05) is 65.8 Å². The molecular weight excluding hydrogens is 422 g/mol. The Kier molecular flexibility index (Phi) is 9.26. The summed E-state index contributed by atoms with van der Waals surface area (Å²) in [5, 5.41) is 27.9. The van der Waals surface area contributed by atoms with E-state index in [0.717, 1.165) is 11.1 Å². The standard InChI is InChI=1S/C15H22O3.C8H8O2.Zn/c1-14(2,3)9-7-10(13(17)18)12(16)11(8-9)15(4,5)6;1-6-4-2-3-5-7(6)8(9)10;/h7-8,16H,1-6H3,(H,17,18);2-5H,1H3,(H,9,10);. The summed E-state index contributed by atoms with van der Waals surface area (Å²) in [5.74, 6) is -2.08. The second-order valence-corrected chi connectivity index (χ2v) is 8.85. The van der Waals surface area contributed by atoms with Gasteiger partial charge in [-0.25, -0.2) is 9.59 Å². The summed E-state index contributed by atoms with van der Waals surface area (Å²) < 4.78 is 0. The van der Waals surface area contributed by atoms with E-state index in [0.29, 0.717) is 11.1 Å². The normalized spacial score (nSPS) is 11.0. The van der Waals surface area contributed by atoms with Crippen LogP contribution in [-0.4, -0.2) is 27.3 Å². The summed E-state index contributed by atoms with van der Waals surface area (Å²) in [4.78, 5) is 21.6. The molecule has 0 atom stereocenters. The van der Waals surface area contributed by atoms with Gasteiger partial charge >= 0.3 is 11.9 Å². The van der Waals surface area contributed by atoms with Crippen molar-refractivity contribution in [3.05, 3.63) is 64.2 Å². The average molecular weight is 452 g/mol. The van der Waals surface area contributed by atoms with Crippen molar-refractivity contribution in [1.29, 1.82) is 0 Å². The third kappa shape index (κ3) is 7.28. The molecule has 0 aliphatic rings. The first kappa shape index (κ1) is 26.8. The number of aryl methyl sites for hydroxylation is 1. The molecule has 0 saturated heterocycles.